The number of nitrogens with zero attached hydrogens (tertiary/aromatic N) is 2. The van der Waals surface area contributed by atoms with Crippen LogP contribution in [0.25, 0.3) is 0 Å². The van der Waals surface area contributed by atoms with Crippen LogP contribution in [0.4, 0.5) is 21.9 Å². The Labute approximate surface area is 192 Å². The predicted octanol–water partition coefficient (Wildman–Crippen LogP) is 5.39. The predicted molar refractivity (Wildman–Crippen MR) is 131 cm³/mol. The number of hydrogen-bond donors (Lipinski definition) is 3. The van der Waals surface area contributed by atoms with Gasteiger partial charge in [-0.3, -0.25) is 9.48 Å². The molecule has 7 heteroatoms. The van der Waals surface area contributed by atoms with Crippen molar-refractivity contribution in [2.45, 2.75) is 19.9 Å². The van der Waals surface area contributed by atoms with Gasteiger partial charge in [0.15, 0.2) is 0 Å². The maximum atomic E-state index is 13.0. The van der Waals surface area contributed by atoms with Gasteiger partial charge in [-0.05, 0) is 42.3 Å². The summed E-state index contributed by atoms with van der Waals surface area (Å²) >= 11 is 0. The summed E-state index contributed by atoms with van der Waals surface area (Å²) < 4.78 is 1.86. The van der Waals surface area contributed by atoms with E-state index in [2.05, 4.69) is 21.0 Å². The van der Waals surface area contributed by atoms with Gasteiger partial charge in [0, 0.05) is 17.1 Å². The Morgan fingerprint density at radius 1 is 0.788 bits per heavy atom. The van der Waals surface area contributed by atoms with E-state index in [-0.39, 0.29) is 11.9 Å². The number of carbonyl (C=O) groups is 2. The summed E-state index contributed by atoms with van der Waals surface area (Å²) in [7, 11) is 0. The molecular weight excluding hydrogens is 414 g/mol. The number of aromatic nitrogens is 2. The van der Waals surface area contributed by atoms with E-state index in [4.69, 9.17) is 0 Å². The van der Waals surface area contributed by atoms with Gasteiger partial charge in [0.05, 0.1) is 24.0 Å². The van der Waals surface area contributed by atoms with Crippen LogP contribution in [0.5, 0.6) is 0 Å². The molecule has 0 saturated heterocycles. The third-order valence-electron chi connectivity index (χ3n) is 5.11. The highest BCUT2D eigenvalue weighted by Crippen LogP contribution is 2.19. The normalized spacial score (nSPS) is 10.5. The standard InChI is InChI=1S/C26H25N5O2/c1-2-24-23(17-27-31(24)18-19-10-5-3-6-11-19)25(32)28-21-14-9-15-22(16-21)30-26(33)29-20-12-7-4-8-13-20/h3-17H,2,18H2,1H3,(H,28,32)(H2,29,30,33). The molecule has 0 fully saturated rings. The van der Waals surface area contributed by atoms with Crippen molar-refractivity contribution in [2.75, 3.05) is 16.0 Å². The summed E-state index contributed by atoms with van der Waals surface area (Å²) in [4.78, 5) is 25.2. The molecule has 0 spiro atoms. The van der Waals surface area contributed by atoms with Gasteiger partial charge in [0.1, 0.15) is 0 Å². The molecule has 0 aliphatic carbocycles. The van der Waals surface area contributed by atoms with Gasteiger partial charge in [-0.25, -0.2) is 4.79 Å². The minimum atomic E-state index is -0.361. The summed E-state index contributed by atoms with van der Waals surface area (Å²) in [5.74, 6) is -0.239. The number of amides is 3. The molecular formula is C26H25N5O2. The van der Waals surface area contributed by atoms with Gasteiger partial charge < -0.3 is 16.0 Å². The maximum absolute atomic E-state index is 13.0. The zero-order chi connectivity index (χ0) is 23.0. The highest BCUT2D eigenvalue weighted by atomic mass is 16.2. The van der Waals surface area contributed by atoms with Crippen molar-refractivity contribution >= 4 is 29.0 Å². The Balaban J connectivity index is 1.43. The fourth-order valence-corrected chi connectivity index (χ4v) is 3.55. The molecule has 1 heterocycles. The Hall–Kier alpha value is -4.39. The molecule has 7 nitrogen and oxygen atoms in total. The molecule has 3 aromatic carbocycles. The number of nitrogens with one attached hydrogen (secondary N) is 3. The topological polar surface area (TPSA) is 88.1 Å². The van der Waals surface area contributed by atoms with Crippen molar-refractivity contribution in [1.29, 1.82) is 0 Å². The molecule has 0 unspecified atom stereocenters. The minimum Gasteiger partial charge on any atom is -0.322 e. The van der Waals surface area contributed by atoms with Gasteiger partial charge in [0.25, 0.3) is 5.91 Å². The zero-order valence-corrected chi connectivity index (χ0v) is 18.3. The van der Waals surface area contributed by atoms with Crippen LogP contribution in [0.15, 0.2) is 91.1 Å². The largest absolute Gasteiger partial charge is 0.323 e. The Kier molecular flexibility index (Phi) is 6.80. The van der Waals surface area contributed by atoms with E-state index in [0.29, 0.717) is 35.6 Å². The average molecular weight is 440 g/mol. The summed E-state index contributed by atoms with van der Waals surface area (Å²) in [6.45, 7) is 2.61. The summed E-state index contributed by atoms with van der Waals surface area (Å²) in [5.41, 5.74) is 4.36. The van der Waals surface area contributed by atoms with E-state index in [9.17, 15) is 9.59 Å². The SMILES string of the molecule is CCc1c(C(=O)Nc2cccc(NC(=O)Nc3ccccc3)c2)cnn1Cc1ccccc1. The lowest BCUT2D eigenvalue weighted by molar-refractivity contribution is 0.102. The fraction of sp³-hybridized carbons (Fsp3) is 0.115. The van der Waals surface area contributed by atoms with Crippen LogP contribution in [0.2, 0.25) is 0 Å². The van der Waals surface area contributed by atoms with Gasteiger partial charge >= 0.3 is 6.03 Å². The molecule has 0 aliphatic heterocycles. The van der Waals surface area contributed by atoms with Crippen LogP contribution < -0.4 is 16.0 Å². The van der Waals surface area contributed by atoms with Crippen LogP contribution in [0, 0.1) is 0 Å². The third-order valence-corrected chi connectivity index (χ3v) is 5.11. The van der Waals surface area contributed by atoms with Gasteiger partial charge in [-0.2, -0.15) is 5.10 Å². The third kappa shape index (κ3) is 5.65. The van der Waals surface area contributed by atoms with Crippen molar-refractivity contribution in [3.63, 3.8) is 0 Å². The van der Waals surface area contributed by atoms with Crippen molar-refractivity contribution < 1.29 is 9.59 Å². The number of para-hydroxylation sites is 1. The van der Waals surface area contributed by atoms with Crippen LogP contribution >= 0.6 is 0 Å². The van der Waals surface area contributed by atoms with Crippen molar-refractivity contribution in [3.05, 3.63) is 108 Å². The van der Waals surface area contributed by atoms with Gasteiger partial charge in [-0.1, -0.05) is 61.5 Å². The second kappa shape index (κ2) is 10.3. The molecule has 0 aliphatic rings. The number of rotatable bonds is 7. The number of urea groups is 1. The smallest absolute Gasteiger partial charge is 0.322 e. The van der Waals surface area contributed by atoms with E-state index < -0.39 is 0 Å². The number of carbonyl (C=O) groups excluding carboxylic acids is 2. The number of benzene rings is 3. The Morgan fingerprint density at radius 3 is 2.09 bits per heavy atom. The molecule has 0 bridgehead atoms. The second-order valence-corrected chi connectivity index (χ2v) is 7.48. The monoisotopic (exact) mass is 439 g/mol. The zero-order valence-electron chi connectivity index (χ0n) is 18.3. The molecule has 0 atom stereocenters. The second-order valence-electron chi connectivity index (χ2n) is 7.48. The summed E-state index contributed by atoms with van der Waals surface area (Å²) in [6, 6.07) is 25.9. The summed E-state index contributed by atoms with van der Waals surface area (Å²) in [5, 5.41) is 12.9. The van der Waals surface area contributed by atoms with Crippen LogP contribution in [-0.4, -0.2) is 21.7 Å². The first-order valence-electron chi connectivity index (χ1n) is 10.8. The molecule has 33 heavy (non-hydrogen) atoms. The maximum Gasteiger partial charge on any atom is 0.323 e. The Morgan fingerprint density at radius 2 is 1.39 bits per heavy atom. The number of anilines is 3. The van der Waals surface area contributed by atoms with E-state index in [1.54, 1.807) is 42.6 Å². The molecule has 1 aromatic heterocycles. The molecule has 166 valence electrons. The first-order valence-corrected chi connectivity index (χ1v) is 10.8. The molecule has 0 saturated carbocycles. The fourth-order valence-electron chi connectivity index (χ4n) is 3.55. The highest BCUT2D eigenvalue weighted by molar-refractivity contribution is 6.05. The molecule has 0 radical (unpaired) electrons. The lowest BCUT2D eigenvalue weighted by Crippen LogP contribution is -2.19. The minimum absolute atomic E-state index is 0.239. The van der Waals surface area contributed by atoms with E-state index in [0.717, 1.165) is 11.3 Å². The van der Waals surface area contributed by atoms with Gasteiger partial charge in [0.2, 0.25) is 0 Å². The lowest BCUT2D eigenvalue weighted by Gasteiger charge is -2.11. The van der Waals surface area contributed by atoms with Crippen LogP contribution in [-0.2, 0) is 13.0 Å². The van der Waals surface area contributed by atoms with Gasteiger partial charge in [-0.15, -0.1) is 0 Å². The quantitative estimate of drug-likeness (QED) is 0.361. The highest BCUT2D eigenvalue weighted by Gasteiger charge is 2.17. The average Bonchev–Trinajstić information content (AvgIpc) is 3.23. The first kappa shape index (κ1) is 21.8. The van der Waals surface area contributed by atoms with Crippen molar-refractivity contribution in [3.8, 4) is 0 Å². The van der Waals surface area contributed by atoms with E-state index in [1.807, 2.05) is 60.1 Å². The Bertz CT molecular complexity index is 1240. The van der Waals surface area contributed by atoms with Crippen molar-refractivity contribution in [1.82, 2.24) is 9.78 Å². The molecule has 4 aromatic rings. The van der Waals surface area contributed by atoms with E-state index in [1.165, 1.54) is 0 Å². The summed E-state index contributed by atoms with van der Waals surface area (Å²) in [6.07, 6.45) is 2.28. The van der Waals surface area contributed by atoms with Crippen LogP contribution in [0.1, 0.15) is 28.5 Å². The first-order chi connectivity index (χ1) is 16.1. The number of hydrogen-bond acceptors (Lipinski definition) is 3. The van der Waals surface area contributed by atoms with E-state index >= 15 is 0 Å². The molecule has 3 amide bonds. The molecule has 3 N–H and O–H groups in total. The van der Waals surface area contributed by atoms with Crippen LogP contribution in [0.3, 0.4) is 0 Å². The molecule has 4 rings (SSSR count). The van der Waals surface area contributed by atoms with Crippen molar-refractivity contribution in [2.24, 2.45) is 0 Å². The lowest BCUT2D eigenvalue weighted by atomic mass is 10.1.